The van der Waals surface area contributed by atoms with E-state index in [4.69, 9.17) is 21.1 Å². The van der Waals surface area contributed by atoms with E-state index in [0.29, 0.717) is 6.04 Å². The molecule has 1 aliphatic rings. The molecule has 1 saturated carbocycles. The summed E-state index contributed by atoms with van der Waals surface area (Å²) < 4.78 is 12.9. The van der Waals surface area contributed by atoms with Gasteiger partial charge < -0.3 is 21.9 Å². The quantitative estimate of drug-likeness (QED) is 0.588. The Morgan fingerprint density at radius 3 is 2.38 bits per heavy atom. The Morgan fingerprint density at radius 1 is 1.14 bits per heavy atom. The van der Waals surface area contributed by atoms with Gasteiger partial charge in [0.1, 0.15) is 0 Å². The number of rotatable bonds is 5. The van der Waals surface area contributed by atoms with Crippen molar-refractivity contribution in [3.05, 3.63) is 23.8 Å². The van der Waals surface area contributed by atoms with E-state index in [9.17, 15) is 0 Å². The van der Waals surface area contributed by atoms with Crippen LogP contribution in [0.5, 0.6) is 11.5 Å². The largest absolute Gasteiger partial charge is 1.00 e. The molecule has 0 N–H and O–H groups in total. The van der Waals surface area contributed by atoms with Crippen molar-refractivity contribution in [3.8, 4) is 11.5 Å². The van der Waals surface area contributed by atoms with Crippen LogP contribution < -0.4 is 21.9 Å². The number of benzene rings is 1. The van der Waals surface area contributed by atoms with Crippen LogP contribution in [0.15, 0.2) is 18.2 Å². The highest BCUT2D eigenvalue weighted by molar-refractivity contribution is 6.54. The van der Waals surface area contributed by atoms with Gasteiger partial charge in [0.15, 0.2) is 24.1 Å². The van der Waals surface area contributed by atoms with E-state index in [1.165, 1.54) is 37.7 Å². The standard InChI is InChI=1S/C16H23ClNO2.ClH/c1-19-15-9-8-13(10-16(15)20-2)11-18(12-17)14-6-4-3-5-7-14;/h8-10,12,14H,3-7,11H2,1-2H3;1H/q+1;/p-1. The first-order valence-electron chi connectivity index (χ1n) is 7.18. The Bertz CT molecular complexity index is 471. The van der Waals surface area contributed by atoms with Crippen LogP contribution in [0.25, 0.3) is 0 Å². The highest BCUT2D eigenvalue weighted by atomic mass is 35.5. The first-order chi connectivity index (χ1) is 9.78. The Hall–Kier alpha value is -0.930. The van der Waals surface area contributed by atoms with Gasteiger partial charge in [-0.05, 0) is 42.6 Å². The van der Waals surface area contributed by atoms with Gasteiger partial charge in [0.2, 0.25) is 5.67 Å². The number of hydrogen-bond acceptors (Lipinski definition) is 2. The summed E-state index contributed by atoms with van der Waals surface area (Å²) in [4.78, 5) is 0. The molecule has 0 spiro atoms. The van der Waals surface area contributed by atoms with Crippen LogP contribution in [0.1, 0.15) is 37.7 Å². The molecule has 1 aromatic carbocycles. The number of ether oxygens (including phenoxy) is 2. The first-order valence-corrected chi connectivity index (χ1v) is 7.62. The monoisotopic (exact) mass is 331 g/mol. The van der Waals surface area contributed by atoms with E-state index in [1.54, 1.807) is 19.9 Å². The number of nitrogens with zero attached hydrogens (tertiary/aromatic N) is 1. The van der Waals surface area contributed by atoms with Crippen LogP contribution in [0, 0.1) is 0 Å². The lowest BCUT2D eigenvalue weighted by molar-refractivity contribution is -0.579. The van der Waals surface area contributed by atoms with E-state index in [0.717, 1.165) is 18.0 Å². The lowest BCUT2D eigenvalue weighted by Crippen LogP contribution is -3.00. The van der Waals surface area contributed by atoms with Crippen molar-refractivity contribution in [2.24, 2.45) is 0 Å². The Balaban J connectivity index is 0.00000220. The molecule has 0 saturated heterocycles. The molecule has 21 heavy (non-hydrogen) atoms. The van der Waals surface area contributed by atoms with Gasteiger partial charge in [-0.15, -0.1) is 0 Å². The molecule has 0 radical (unpaired) electrons. The molecule has 5 heteroatoms. The third kappa shape index (κ3) is 4.79. The van der Waals surface area contributed by atoms with E-state index in [2.05, 4.69) is 10.6 Å². The Labute approximate surface area is 138 Å². The van der Waals surface area contributed by atoms with Crippen LogP contribution in [0.3, 0.4) is 0 Å². The Morgan fingerprint density at radius 2 is 1.81 bits per heavy atom. The molecule has 0 amide bonds. The van der Waals surface area contributed by atoms with Gasteiger partial charge in [0, 0.05) is 18.4 Å². The molecule has 0 aromatic heterocycles. The van der Waals surface area contributed by atoms with Crippen LogP contribution in [-0.4, -0.2) is 30.5 Å². The van der Waals surface area contributed by atoms with Crippen molar-refractivity contribution in [2.75, 3.05) is 14.2 Å². The summed E-state index contributed by atoms with van der Waals surface area (Å²) in [5.41, 5.74) is 2.89. The third-order valence-electron chi connectivity index (χ3n) is 3.98. The zero-order valence-corrected chi connectivity index (χ0v) is 14.2. The van der Waals surface area contributed by atoms with Gasteiger partial charge >= 0.3 is 0 Å². The minimum Gasteiger partial charge on any atom is -1.00 e. The molecule has 118 valence electrons. The summed E-state index contributed by atoms with van der Waals surface area (Å²) in [6.07, 6.45) is 6.42. The fourth-order valence-corrected chi connectivity index (χ4v) is 3.07. The van der Waals surface area contributed by atoms with Gasteiger partial charge in [-0.3, -0.25) is 0 Å². The van der Waals surface area contributed by atoms with Crippen molar-refractivity contribution in [1.82, 2.24) is 0 Å². The van der Waals surface area contributed by atoms with Crippen molar-refractivity contribution >= 4 is 17.3 Å². The number of methoxy groups -OCH3 is 2. The molecule has 1 fully saturated rings. The van der Waals surface area contributed by atoms with Crippen molar-refractivity contribution < 1.29 is 26.5 Å². The Kier molecular flexibility index (Phi) is 7.91. The normalized spacial score (nSPS) is 16.2. The van der Waals surface area contributed by atoms with E-state index >= 15 is 0 Å². The van der Waals surface area contributed by atoms with E-state index in [1.807, 2.05) is 12.1 Å². The average Bonchev–Trinajstić information content (AvgIpc) is 2.53. The zero-order valence-electron chi connectivity index (χ0n) is 12.6. The summed E-state index contributed by atoms with van der Waals surface area (Å²) >= 11 is 6.03. The molecule has 0 heterocycles. The fraction of sp³-hybridized carbons (Fsp3) is 0.562. The summed E-state index contributed by atoms with van der Waals surface area (Å²) in [5, 5.41) is 0. The predicted molar refractivity (Wildman–Crippen MR) is 82.3 cm³/mol. The lowest BCUT2D eigenvalue weighted by atomic mass is 9.95. The molecular weight excluding hydrogens is 309 g/mol. The highest BCUT2D eigenvalue weighted by Crippen LogP contribution is 2.28. The van der Waals surface area contributed by atoms with E-state index in [-0.39, 0.29) is 12.4 Å². The minimum atomic E-state index is 0. The summed E-state index contributed by atoms with van der Waals surface area (Å²) in [7, 11) is 3.31. The second-order valence-electron chi connectivity index (χ2n) is 5.25. The lowest BCUT2D eigenvalue weighted by Gasteiger charge is -2.20. The van der Waals surface area contributed by atoms with E-state index < -0.39 is 0 Å². The fourth-order valence-electron chi connectivity index (χ4n) is 2.85. The SMILES string of the molecule is COc1ccc(C[N+](=CCl)C2CCCCC2)cc1OC.[Cl-]. The zero-order chi connectivity index (χ0) is 14.4. The maximum atomic E-state index is 6.03. The second-order valence-corrected chi connectivity index (χ2v) is 5.45. The maximum Gasteiger partial charge on any atom is 0.233 e. The first kappa shape index (κ1) is 18.1. The van der Waals surface area contributed by atoms with Gasteiger partial charge in [-0.1, -0.05) is 6.42 Å². The molecule has 1 aliphatic carbocycles. The smallest absolute Gasteiger partial charge is 0.233 e. The average molecular weight is 332 g/mol. The molecule has 2 rings (SSSR count). The topological polar surface area (TPSA) is 21.5 Å². The number of halogens is 2. The van der Waals surface area contributed by atoms with Gasteiger partial charge in [-0.25, -0.2) is 4.58 Å². The highest BCUT2D eigenvalue weighted by Gasteiger charge is 2.23. The summed E-state index contributed by atoms with van der Waals surface area (Å²) in [6.45, 7) is 0.814. The molecule has 0 aliphatic heterocycles. The molecule has 1 aromatic rings. The van der Waals surface area contributed by atoms with Crippen LogP contribution >= 0.6 is 11.6 Å². The summed E-state index contributed by atoms with van der Waals surface area (Å²) in [5.74, 6) is 1.53. The van der Waals surface area contributed by atoms with Crippen molar-refractivity contribution in [2.45, 2.75) is 44.7 Å². The van der Waals surface area contributed by atoms with Crippen molar-refractivity contribution in [3.63, 3.8) is 0 Å². The van der Waals surface area contributed by atoms with Crippen LogP contribution in [0.4, 0.5) is 0 Å². The predicted octanol–water partition coefficient (Wildman–Crippen LogP) is 0.820. The molecule has 0 unspecified atom stereocenters. The maximum absolute atomic E-state index is 6.03. The van der Waals surface area contributed by atoms with Crippen LogP contribution in [-0.2, 0) is 6.54 Å². The van der Waals surface area contributed by atoms with Gasteiger partial charge in [0.05, 0.1) is 14.2 Å². The van der Waals surface area contributed by atoms with Gasteiger partial charge in [-0.2, -0.15) is 0 Å². The summed E-state index contributed by atoms with van der Waals surface area (Å²) in [6, 6.07) is 6.60. The molecule has 0 atom stereocenters. The molecular formula is C16H23Cl2NO2. The second kappa shape index (κ2) is 9.16. The number of hydrogen-bond donors (Lipinski definition) is 0. The third-order valence-corrected chi connectivity index (χ3v) is 4.23. The molecule has 0 bridgehead atoms. The molecule has 3 nitrogen and oxygen atoms in total. The van der Waals surface area contributed by atoms with Crippen molar-refractivity contribution in [1.29, 1.82) is 0 Å². The minimum absolute atomic E-state index is 0. The van der Waals surface area contributed by atoms with Crippen LogP contribution in [0.2, 0.25) is 0 Å². The van der Waals surface area contributed by atoms with Gasteiger partial charge in [0.25, 0.3) is 0 Å².